The molecule has 0 amide bonds. The number of hydrogen-bond acceptors (Lipinski definition) is 2. The van der Waals surface area contributed by atoms with E-state index in [0.717, 1.165) is 5.56 Å². The van der Waals surface area contributed by atoms with E-state index >= 15 is 0 Å². The maximum atomic E-state index is 11.2. The molecule has 3 heteroatoms. The predicted molar refractivity (Wildman–Crippen MR) is 57.3 cm³/mol. The molecular weight excluding hydrogens is 271 g/mol. The Kier molecular flexibility index (Phi) is 3.93. The van der Waals surface area contributed by atoms with Crippen LogP contribution in [-0.2, 0) is 0 Å². The van der Waals surface area contributed by atoms with E-state index in [2.05, 4.69) is 21.2 Å². The van der Waals surface area contributed by atoms with Crippen molar-refractivity contribution >= 4 is 35.9 Å². The summed E-state index contributed by atoms with van der Waals surface area (Å²) in [4.78, 5) is 11.2. The lowest BCUT2D eigenvalue weighted by atomic mass is 10.2. The van der Waals surface area contributed by atoms with Gasteiger partial charge in [0.05, 0.1) is 5.75 Å². The molecule has 0 aliphatic rings. The lowest BCUT2D eigenvalue weighted by Gasteiger charge is -1.95. The second-order valence-corrected chi connectivity index (χ2v) is 4.42. The Balaban J connectivity index is 2.69. The molecule has 0 bridgehead atoms. The van der Waals surface area contributed by atoms with E-state index in [-0.39, 0.29) is 5.78 Å². The van der Waals surface area contributed by atoms with Crippen LogP contribution in [0.2, 0.25) is 0 Å². The van der Waals surface area contributed by atoms with Crippen LogP contribution in [0, 0.1) is 0 Å². The number of Topliss-reactive ketones (excluding diaryl/α,β-unsaturated/α-hetero) is 1. The van der Waals surface area contributed by atoms with Crippen LogP contribution in [0.1, 0.15) is 10.4 Å². The predicted octanol–water partition coefficient (Wildman–Crippen LogP) is 2.95. The van der Waals surface area contributed by atoms with Gasteiger partial charge in [0.1, 0.15) is 0 Å². The van der Waals surface area contributed by atoms with Crippen LogP contribution >= 0.6 is 30.1 Å². The summed E-state index contributed by atoms with van der Waals surface area (Å²) < 4.78 is 0. The molecule has 0 saturated heterocycles. The number of halogens is 1. The highest BCUT2D eigenvalue weighted by molar-refractivity contribution is 14.2. The Morgan fingerprint density at radius 1 is 1.36 bits per heavy atom. The second-order valence-electron chi connectivity index (χ2n) is 2.04. The highest BCUT2D eigenvalue weighted by atomic mass is 127. The first kappa shape index (κ1) is 9.06. The van der Waals surface area contributed by atoms with Gasteiger partial charge in [-0.15, -0.1) is 0 Å². The van der Waals surface area contributed by atoms with E-state index in [1.165, 1.54) is 8.93 Å². The van der Waals surface area contributed by atoms with Crippen molar-refractivity contribution in [2.75, 3.05) is 5.75 Å². The lowest BCUT2D eigenvalue weighted by Crippen LogP contribution is -1.99. The zero-order chi connectivity index (χ0) is 8.10. The Labute approximate surface area is 82.2 Å². The van der Waals surface area contributed by atoms with E-state index < -0.39 is 0 Å². The summed E-state index contributed by atoms with van der Waals surface area (Å²) in [5, 5.41) is 0. The molecule has 1 aromatic carbocycles. The molecule has 0 radical (unpaired) electrons. The number of hydrogen-bond donors (Lipinski definition) is 0. The minimum atomic E-state index is 0.199. The third-order valence-electron chi connectivity index (χ3n) is 1.28. The van der Waals surface area contributed by atoms with Gasteiger partial charge >= 0.3 is 0 Å². The van der Waals surface area contributed by atoms with Crippen molar-refractivity contribution in [1.82, 2.24) is 0 Å². The second kappa shape index (κ2) is 4.77. The van der Waals surface area contributed by atoms with E-state index in [0.29, 0.717) is 5.75 Å². The van der Waals surface area contributed by atoms with Crippen molar-refractivity contribution in [3.8, 4) is 0 Å². The van der Waals surface area contributed by atoms with Crippen molar-refractivity contribution < 1.29 is 4.79 Å². The molecular formula is C8H7IOS. The first-order chi connectivity index (χ1) is 5.34. The molecule has 0 spiro atoms. The molecule has 1 nitrogen and oxygen atoms in total. The van der Waals surface area contributed by atoms with Gasteiger partial charge in [-0.25, -0.2) is 0 Å². The molecule has 0 fully saturated rings. The van der Waals surface area contributed by atoms with Crippen LogP contribution in [0.4, 0.5) is 0 Å². The fraction of sp³-hybridized carbons (Fsp3) is 0.125. The Bertz CT molecular complexity index is 235. The Morgan fingerprint density at radius 2 is 2.00 bits per heavy atom. The van der Waals surface area contributed by atoms with Crippen LogP contribution < -0.4 is 0 Å². The number of benzene rings is 1. The topological polar surface area (TPSA) is 17.1 Å². The average Bonchev–Trinajstić information content (AvgIpc) is 2.07. The fourth-order valence-electron chi connectivity index (χ4n) is 0.757. The summed E-state index contributed by atoms with van der Waals surface area (Å²) in [5.74, 6) is 0.759. The van der Waals surface area contributed by atoms with E-state index in [9.17, 15) is 4.79 Å². The summed E-state index contributed by atoms with van der Waals surface area (Å²) in [6.07, 6.45) is 0. The molecule has 58 valence electrons. The molecule has 0 heterocycles. The van der Waals surface area contributed by atoms with E-state index in [4.69, 9.17) is 0 Å². The summed E-state index contributed by atoms with van der Waals surface area (Å²) >= 11 is 2.13. The van der Waals surface area contributed by atoms with Gasteiger partial charge in [-0.3, -0.25) is 4.79 Å². The third-order valence-corrected chi connectivity index (χ3v) is 2.59. The summed E-state index contributed by atoms with van der Waals surface area (Å²) in [5.41, 5.74) is 0.802. The van der Waals surface area contributed by atoms with Crippen LogP contribution in [0.25, 0.3) is 0 Å². The first-order valence-electron chi connectivity index (χ1n) is 3.16. The fourth-order valence-corrected chi connectivity index (χ4v) is 1.87. The molecule has 0 aliphatic heterocycles. The van der Waals surface area contributed by atoms with Crippen molar-refractivity contribution in [3.63, 3.8) is 0 Å². The van der Waals surface area contributed by atoms with Gasteiger partial charge < -0.3 is 0 Å². The highest BCUT2D eigenvalue weighted by Crippen LogP contribution is 2.13. The molecule has 11 heavy (non-hydrogen) atoms. The van der Waals surface area contributed by atoms with Crippen LogP contribution in [-0.4, -0.2) is 11.5 Å². The molecule has 0 N–H and O–H groups in total. The van der Waals surface area contributed by atoms with Crippen LogP contribution in [0.5, 0.6) is 0 Å². The van der Waals surface area contributed by atoms with Crippen LogP contribution in [0.3, 0.4) is 0 Å². The molecule has 0 atom stereocenters. The van der Waals surface area contributed by atoms with Gasteiger partial charge in [-0.1, -0.05) is 39.3 Å². The van der Waals surface area contributed by atoms with Crippen LogP contribution in [0.15, 0.2) is 30.3 Å². The summed E-state index contributed by atoms with van der Waals surface area (Å²) in [6, 6.07) is 9.36. The van der Waals surface area contributed by atoms with Crippen molar-refractivity contribution in [2.45, 2.75) is 0 Å². The molecule has 0 saturated carbocycles. The maximum absolute atomic E-state index is 11.2. The molecule has 1 aromatic rings. The van der Waals surface area contributed by atoms with E-state index in [1.807, 2.05) is 30.3 Å². The Morgan fingerprint density at radius 3 is 2.55 bits per heavy atom. The molecule has 1 rings (SSSR count). The molecule has 0 aliphatic carbocycles. The smallest absolute Gasteiger partial charge is 0.173 e. The maximum Gasteiger partial charge on any atom is 0.173 e. The summed E-state index contributed by atoms with van der Waals surface area (Å²) in [6.45, 7) is 0. The minimum absolute atomic E-state index is 0.199. The number of ketones is 1. The van der Waals surface area contributed by atoms with Crippen molar-refractivity contribution in [1.29, 1.82) is 0 Å². The normalized spacial score (nSPS) is 9.55. The zero-order valence-corrected chi connectivity index (χ0v) is 8.76. The standard InChI is InChI=1S/C8H7IOS/c9-11-6-8(10)7-4-2-1-3-5-7/h1-5H,6H2. The van der Waals surface area contributed by atoms with Crippen molar-refractivity contribution in [2.24, 2.45) is 0 Å². The lowest BCUT2D eigenvalue weighted by molar-refractivity contribution is 0.102. The van der Waals surface area contributed by atoms with Gasteiger partial charge in [0, 0.05) is 5.56 Å². The van der Waals surface area contributed by atoms with Gasteiger partial charge in [0.2, 0.25) is 0 Å². The highest BCUT2D eigenvalue weighted by Gasteiger charge is 2.02. The number of rotatable bonds is 3. The Hall–Kier alpha value is -0.0300. The largest absolute Gasteiger partial charge is 0.293 e. The molecule has 0 aromatic heterocycles. The quantitative estimate of drug-likeness (QED) is 0.624. The third kappa shape index (κ3) is 2.83. The summed E-state index contributed by atoms with van der Waals surface area (Å²) in [7, 11) is 1.53. The average molecular weight is 278 g/mol. The van der Waals surface area contributed by atoms with Gasteiger partial charge in [-0.2, -0.15) is 0 Å². The zero-order valence-electron chi connectivity index (χ0n) is 5.79. The van der Waals surface area contributed by atoms with Gasteiger partial charge in [-0.05, 0) is 21.2 Å². The number of carbonyl (C=O) groups is 1. The first-order valence-corrected chi connectivity index (χ1v) is 6.69. The minimum Gasteiger partial charge on any atom is -0.293 e. The van der Waals surface area contributed by atoms with Crippen molar-refractivity contribution in [3.05, 3.63) is 35.9 Å². The number of carbonyl (C=O) groups excluding carboxylic acids is 1. The monoisotopic (exact) mass is 278 g/mol. The van der Waals surface area contributed by atoms with Gasteiger partial charge in [0.25, 0.3) is 0 Å². The van der Waals surface area contributed by atoms with E-state index in [1.54, 1.807) is 0 Å². The molecule has 0 unspecified atom stereocenters. The van der Waals surface area contributed by atoms with Gasteiger partial charge in [0.15, 0.2) is 5.78 Å². The SMILES string of the molecule is O=C(CSI)c1ccccc1.